The van der Waals surface area contributed by atoms with E-state index in [-0.39, 0.29) is 16.3 Å². The summed E-state index contributed by atoms with van der Waals surface area (Å²) in [7, 11) is -4.13. The van der Waals surface area contributed by atoms with Crippen molar-refractivity contribution in [3.8, 4) is 0 Å². The first-order chi connectivity index (χ1) is 15.3. The second-order valence-electron chi connectivity index (χ2n) is 6.45. The van der Waals surface area contributed by atoms with Crippen molar-refractivity contribution in [1.82, 2.24) is 5.43 Å². The standard InChI is InChI=1S/C21H17FN4O5S/c22-17-9-11-18(12-10-17)25(32(30,31)20-7-2-1-3-8-20)15-21(27)24-23-14-16-5-4-6-19(13-16)26(28)29/h1-14H,15H2,(H,24,27)/b23-14-. The number of nitro benzene ring substituents is 1. The highest BCUT2D eigenvalue weighted by molar-refractivity contribution is 7.92. The molecule has 1 N–H and O–H groups in total. The zero-order valence-electron chi connectivity index (χ0n) is 16.5. The van der Waals surface area contributed by atoms with Crippen LogP contribution in [0, 0.1) is 15.9 Å². The van der Waals surface area contributed by atoms with Crippen LogP contribution in [-0.4, -0.2) is 32.0 Å². The number of sulfonamides is 1. The van der Waals surface area contributed by atoms with Gasteiger partial charge in [-0.25, -0.2) is 18.2 Å². The third kappa shape index (κ3) is 5.52. The summed E-state index contributed by atoms with van der Waals surface area (Å²) in [6.07, 6.45) is 1.19. The summed E-state index contributed by atoms with van der Waals surface area (Å²) in [6.45, 7) is -0.630. The molecule has 3 aromatic rings. The number of nitrogens with one attached hydrogen (secondary N) is 1. The van der Waals surface area contributed by atoms with Gasteiger partial charge >= 0.3 is 0 Å². The van der Waals surface area contributed by atoms with Crippen LogP contribution in [0.3, 0.4) is 0 Å². The van der Waals surface area contributed by atoms with Crippen molar-refractivity contribution in [1.29, 1.82) is 0 Å². The van der Waals surface area contributed by atoms with Gasteiger partial charge in [-0.3, -0.25) is 19.2 Å². The van der Waals surface area contributed by atoms with Gasteiger partial charge in [-0.05, 0) is 36.4 Å². The van der Waals surface area contributed by atoms with Gasteiger partial charge in [-0.15, -0.1) is 0 Å². The van der Waals surface area contributed by atoms with E-state index in [1.807, 2.05) is 0 Å². The lowest BCUT2D eigenvalue weighted by molar-refractivity contribution is -0.384. The molecule has 0 unspecified atom stereocenters. The Kier molecular flexibility index (Phi) is 6.90. The normalized spacial score (nSPS) is 11.3. The zero-order valence-corrected chi connectivity index (χ0v) is 17.3. The quantitative estimate of drug-likeness (QED) is 0.317. The van der Waals surface area contributed by atoms with Gasteiger partial charge in [0.15, 0.2) is 0 Å². The second kappa shape index (κ2) is 9.79. The van der Waals surface area contributed by atoms with E-state index in [1.54, 1.807) is 24.3 Å². The molecule has 3 rings (SSSR count). The van der Waals surface area contributed by atoms with Gasteiger partial charge in [0.2, 0.25) is 0 Å². The number of carbonyl (C=O) groups excluding carboxylic acids is 1. The van der Waals surface area contributed by atoms with Gasteiger partial charge in [0.1, 0.15) is 12.4 Å². The first kappa shape index (κ1) is 22.6. The van der Waals surface area contributed by atoms with E-state index in [0.717, 1.165) is 16.4 Å². The molecule has 0 saturated heterocycles. The van der Waals surface area contributed by atoms with E-state index in [4.69, 9.17) is 0 Å². The summed E-state index contributed by atoms with van der Waals surface area (Å²) in [6, 6.07) is 17.7. The van der Waals surface area contributed by atoms with E-state index in [2.05, 4.69) is 10.5 Å². The van der Waals surface area contributed by atoms with Crippen LogP contribution in [0.25, 0.3) is 0 Å². The summed E-state index contributed by atoms with van der Waals surface area (Å²) < 4.78 is 40.4. The Morgan fingerprint density at radius 1 is 1.06 bits per heavy atom. The molecule has 0 radical (unpaired) electrons. The molecule has 0 bridgehead atoms. The molecule has 0 aromatic heterocycles. The van der Waals surface area contributed by atoms with E-state index in [9.17, 15) is 27.7 Å². The fourth-order valence-corrected chi connectivity index (χ4v) is 4.15. The predicted octanol–water partition coefficient (Wildman–Crippen LogP) is 3.08. The largest absolute Gasteiger partial charge is 0.271 e. The first-order valence-corrected chi connectivity index (χ1v) is 10.6. The Hall–Kier alpha value is -4.12. The molecule has 0 atom stereocenters. The van der Waals surface area contributed by atoms with Crippen molar-refractivity contribution < 1.29 is 22.5 Å². The number of benzene rings is 3. The molecule has 0 heterocycles. The van der Waals surface area contributed by atoms with Crippen molar-refractivity contribution in [2.75, 3.05) is 10.8 Å². The third-order valence-electron chi connectivity index (χ3n) is 4.22. The van der Waals surface area contributed by atoms with Crippen LogP contribution in [0.4, 0.5) is 15.8 Å². The second-order valence-corrected chi connectivity index (χ2v) is 8.31. The van der Waals surface area contributed by atoms with E-state index in [0.29, 0.717) is 5.56 Å². The topological polar surface area (TPSA) is 122 Å². The molecule has 11 heteroatoms. The van der Waals surface area contributed by atoms with E-state index in [1.165, 1.54) is 48.7 Å². The number of nitro groups is 1. The number of rotatable bonds is 8. The number of halogens is 1. The van der Waals surface area contributed by atoms with E-state index < -0.39 is 33.2 Å². The third-order valence-corrected chi connectivity index (χ3v) is 6.01. The van der Waals surface area contributed by atoms with Crippen LogP contribution >= 0.6 is 0 Å². The van der Waals surface area contributed by atoms with Crippen molar-refractivity contribution in [3.05, 3.63) is 100 Å². The predicted molar refractivity (Wildman–Crippen MR) is 116 cm³/mol. The van der Waals surface area contributed by atoms with Gasteiger partial charge in [-0.1, -0.05) is 30.3 Å². The van der Waals surface area contributed by atoms with Gasteiger partial charge in [0, 0.05) is 17.7 Å². The molecular weight excluding hydrogens is 439 g/mol. The summed E-state index contributed by atoms with van der Waals surface area (Å²) in [5.74, 6) is -1.33. The molecule has 0 fully saturated rings. The number of hydrogen-bond donors (Lipinski definition) is 1. The van der Waals surface area contributed by atoms with Crippen LogP contribution in [0.5, 0.6) is 0 Å². The zero-order chi connectivity index (χ0) is 23.1. The van der Waals surface area contributed by atoms with Crippen molar-refractivity contribution in [2.45, 2.75) is 4.90 Å². The molecule has 32 heavy (non-hydrogen) atoms. The maximum absolute atomic E-state index is 13.3. The van der Waals surface area contributed by atoms with E-state index >= 15 is 0 Å². The number of amides is 1. The molecule has 0 aliphatic rings. The molecule has 3 aromatic carbocycles. The highest BCUT2D eigenvalue weighted by atomic mass is 32.2. The Morgan fingerprint density at radius 3 is 2.41 bits per heavy atom. The highest BCUT2D eigenvalue weighted by Gasteiger charge is 2.27. The fraction of sp³-hybridized carbons (Fsp3) is 0.0476. The molecule has 164 valence electrons. The molecule has 0 aliphatic carbocycles. The van der Waals surface area contributed by atoms with Crippen LogP contribution < -0.4 is 9.73 Å². The van der Waals surface area contributed by atoms with Crippen LogP contribution in [0.15, 0.2) is 88.9 Å². The minimum absolute atomic E-state index is 0.0442. The number of anilines is 1. The molecule has 0 saturated carbocycles. The Balaban J connectivity index is 1.80. The summed E-state index contributed by atoms with van der Waals surface area (Å²) >= 11 is 0. The number of non-ortho nitro benzene ring substituents is 1. The molecule has 9 nitrogen and oxygen atoms in total. The summed E-state index contributed by atoms with van der Waals surface area (Å²) in [4.78, 5) is 22.6. The SMILES string of the molecule is O=C(CN(c1ccc(F)cc1)S(=O)(=O)c1ccccc1)N/N=C\c1cccc([N+](=O)[O-])c1. The molecule has 1 amide bonds. The average Bonchev–Trinajstić information content (AvgIpc) is 2.79. The smallest absolute Gasteiger partial charge is 0.270 e. The first-order valence-electron chi connectivity index (χ1n) is 9.17. The number of hydrazone groups is 1. The van der Waals surface area contributed by atoms with Crippen molar-refractivity contribution in [3.63, 3.8) is 0 Å². The van der Waals surface area contributed by atoms with Crippen molar-refractivity contribution in [2.24, 2.45) is 5.10 Å². The molecule has 0 aliphatic heterocycles. The molecule has 0 spiro atoms. The average molecular weight is 456 g/mol. The Bertz CT molecular complexity index is 1250. The number of hydrogen-bond acceptors (Lipinski definition) is 6. The van der Waals surface area contributed by atoms with Crippen molar-refractivity contribution >= 4 is 33.5 Å². The molecular formula is C21H17FN4O5S. The monoisotopic (exact) mass is 456 g/mol. The van der Waals surface area contributed by atoms with Crippen LogP contribution in [0.2, 0.25) is 0 Å². The Morgan fingerprint density at radius 2 is 1.75 bits per heavy atom. The van der Waals surface area contributed by atoms with Gasteiger partial charge < -0.3 is 0 Å². The maximum Gasteiger partial charge on any atom is 0.270 e. The van der Waals surface area contributed by atoms with Crippen LogP contribution in [0.1, 0.15) is 5.56 Å². The van der Waals surface area contributed by atoms with Gasteiger partial charge in [0.05, 0.1) is 21.7 Å². The summed E-state index contributed by atoms with van der Waals surface area (Å²) in [5, 5.41) is 14.6. The number of carbonyl (C=O) groups is 1. The lowest BCUT2D eigenvalue weighted by Crippen LogP contribution is -2.39. The van der Waals surface area contributed by atoms with Crippen LogP contribution in [-0.2, 0) is 14.8 Å². The maximum atomic E-state index is 13.3. The highest BCUT2D eigenvalue weighted by Crippen LogP contribution is 2.23. The lowest BCUT2D eigenvalue weighted by Gasteiger charge is -2.23. The van der Waals surface area contributed by atoms with Gasteiger partial charge in [-0.2, -0.15) is 5.10 Å². The lowest BCUT2D eigenvalue weighted by atomic mass is 10.2. The number of nitrogens with zero attached hydrogens (tertiary/aromatic N) is 3. The minimum atomic E-state index is -4.13. The Labute approximate surface area is 183 Å². The fourth-order valence-electron chi connectivity index (χ4n) is 2.71. The summed E-state index contributed by atoms with van der Waals surface area (Å²) in [5.41, 5.74) is 2.51. The minimum Gasteiger partial charge on any atom is -0.271 e. The van der Waals surface area contributed by atoms with Gasteiger partial charge in [0.25, 0.3) is 21.6 Å².